The lowest BCUT2D eigenvalue weighted by molar-refractivity contribution is -0.122. The predicted molar refractivity (Wildman–Crippen MR) is 123 cm³/mol. The Balaban J connectivity index is 1.41. The summed E-state index contributed by atoms with van der Waals surface area (Å²) in [7, 11) is 2.21. The average Bonchev–Trinajstić information content (AvgIpc) is 3.61. The van der Waals surface area contributed by atoms with Crippen molar-refractivity contribution in [3.63, 3.8) is 0 Å². The number of aliphatic imine (C=N–C) groups is 1. The quantitative estimate of drug-likeness (QED) is 0.307. The zero-order valence-electron chi connectivity index (χ0n) is 18.6. The third-order valence-electron chi connectivity index (χ3n) is 5.76. The summed E-state index contributed by atoms with van der Waals surface area (Å²) < 4.78 is 0. The fraction of sp³-hybridized carbons (Fsp3) is 0.652. The summed E-state index contributed by atoms with van der Waals surface area (Å²) in [6.45, 7) is 9.35. The summed E-state index contributed by atoms with van der Waals surface area (Å²) in [5.41, 5.74) is 1.40. The van der Waals surface area contributed by atoms with E-state index in [9.17, 15) is 4.79 Å². The highest BCUT2D eigenvalue weighted by molar-refractivity contribution is 5.81. The maximum absolute atomic E-state index is 11.7. The summed E-state index contributed by atoms with van der Waals surface area (Å²) >= 11 is 0. The normalized spacial score (nSPS) is 20.7. The minimum atomic E-state index is 0.193. The lowest BCUT2D eigenvalue weighted by Gasteiger charge is -2.40. The molecular formula is C23H38N6O. The Bertz CT molecular complexity index is 676. The lowest BCUT2D eigenvalue weighted by atomic mass is 10.0. The van der Waals surface area contributed by atoms with Gasteiger partial charge in [0.1, 0.15) is 0 Å². The van der Waals surface area contributed by atoms with Gasteiger partial charge in [0.2, 0.25) is 5.91 Å². The SMILES string of the molecule is CCNC(=NCCCN1CCN(C)CC1c1ccccc1)NCCNC(=O)C1CC1. The number of likely N-dealkylation sites (N-methyl/N-ethyl adjacent to an activating group) is 1. The first-order chi connectivity index (χ1) is 14.7. The van der Waals surface area contributed by atoms with Crippen LogP contribution in [-0.4, -0.2) is 81.1 Å². The highest BCUT2D eigenvalue weighted by Crippen LogP contribution is 2.28. The van der Waals surface area contributed by atoms with Gasteiger partial charge in [-0.1, -0.05) is 30.3 Å². The molecule has 1 saturated carbocycles. The molecule has 166 valence electrons. The number of hydrogen-bond donors (Lipinski definition) is 3. The summed E-state index contributed by atoms with van der Waals surface area (Å²) in [5, 5.41) is 9.59. The molecule has 0 spiro atoms. The van der Waals surface area contributed by atoms with E-state index in [4.69, 9.17) is 4.99 Å². The van der Waals surface area contributed by atoms with Crippen molar-refractivity contribution in [1.82, 2.24) is 25.8 Å². The molecule has 1 unspecified atom stereocenters. The number of nitrogens with zero attached hydrogens (tertiary/aromatic N) is 3. The van der Waals surface area contributed by atoms with E-state index in [1.807, 2.05) is 0 Å². The van der Waals surface area contributed by atoms with Gasteiger partial charge in [-0.15, -0.1) is 0 Å². The first kappa shape index (κ1) is 22.6. The summed E-state index contributed by atoms with van der Waals surface area (Å²) in [6, 6.07) is 11.3. The van der Waals surface area contributed by atoms with Crippen LogP contribution in [0.5, 0.6) is 0 Å². The van der Waals surface area contributed by atoms with Crippen molar-refractivity contribution in [1.29, 1.82) is 0 Å². The molecule has 1 heterocycles. The standard InChI is InChI=1S/C23H38N6O/c1-3-24-23(27-14-13-25-22(30)20-10-11-20)26-12-7-15-29-17-16-28(2)18-21(29)19-8-5-4-6-9-19/h4-6,8-9,20-21H,3,7,10-18H2,1-2H3,(H,25,30)(H2,24,26,27). The van der Waals surface area contributed by atoms with E-state index in [-0.39, 0.29) is 11.8 Å². The molecule has 1 saturated heterocycles. The molecule has 2 aliphatic rings. The van der Waals surface area contributed by atoms with Gasteiger partial charge < -0.3 is 20.9 Å². The van der Waals surface area contributed by atoms with Gasteiger partial charge in [-0.2, -0.15) is 0 Å². The van der Waals surface area contributed by atoms with Gasteiger partial charge >= 0.3 is 0 Å². The van der Waals surface area contributed by atoms with Crippen molar-refractivity contribution in [3.05, 3.63) is 35.9 Å². The number of carbonyl (C=O) groups excluding carboxylic acids is 1. The molecule has 1 amide bonds. The zero-order valence-corrected chi connectivity index (χ0v) is 18.6. The van der Waals surface area contributed by atoms with E-state index in [0.29, 0.717) is 19.1 Å². The molecule has 1 aromatic rings. The van der Waals surface area contributed by atoms with E-state index < -0.39 is 0 Å². The maximum atomic E-state index is 11.7. The number of benzene rings is 1. The Morgan fingerprint density at radius 3 is 2.60 bits per heavy atom. The van der Waals surface area contributed by atoms with Crippen molar-refractivity contribution < 1.29 is 4.79 Å². The molecule has 3 N–H and O–H groups in total. The third-order valence-corrected chi connectivity index (χ3v) is 5.76. The second kappa shape index (κ2) is 11.9. The van der Waals surface area contributed by atoms with Crippen LogP contribution in [0.15, 0.2) is 35.3 Å². The van der Waals surface area contributed by atoms with E-state index in [1.165, 1.54) is 5.56 Å². The molecule has 0 aromatic heterocycles. The summed E-state index contributed by atoms with van der Waals surface area (Å²) in [4.78, 5) is 21.4. The largest absolute Gasteiger partial charge is 0.357 e. The Morgan fingerprint density at radius 2 is 1.87 bits per heavy atom. The summed E-state index contributed by atoms with van der Waals surface area (Å²) in [5.74, 6) is 1.29. The topological polar surface area (TPSA) is 72.0 Å². The van der Waals surface area contributed by atoms with Crippen molar-refractivity contribution in [3.8, 4) is 0 Å². The Kier molecular flexibility index (Phi) is 8.96. The molecule has 0 radical (unpaired) electrons. The molecule has 1 atom stereocenters. The molecule has 3 rings (SSSR count). The number of amides is 1. The average molecular weight is 415 g/mol. The summed E-state index contributed by atoms with van der Waals surface area (Å²) in [6.07, 6.45) is 3.12. The highest BCUT2D eigenvalue weighted by atomic mass is 16.2. The molecule has 1 aliphatic carbocycles. The van der Waals surface area contributed by atoms with Crippen LogP contribution in [0, 0.1) is 5.92 Å². The lowest BCUT2D eigenvalue weighted by Crippen LogP contribution is -2.47. The van der Waals surface area contributed by atoms with E-state index >= 15 is 0 Å². The Labute approximate surface area is 181 Å². The Hall–Kier alpha value is -2.12. The first-order valence-electron chi connectivity index (χ1n) is 11.4. The second-order valence-electron chi connectivity index (χ2n) is 8.33. The van der Waals surface area contributed by atoms with Crippen LogP contribution in [0.25, 0.3) is 0 Å². The molecule has 2 fully saturated rings. The van der Waals surface area contributed by atoms with Gasteiger partial charge in [-0.3, -0.25) is 14.7 Å². The third kappa shape index (κ3) is 7.29. The van der Waals surface area contributed by atoms with Crippen LogP contribution in [0.1, 0.15) is 37.8 Å². The molecule has 1 aromatic carbocycles. The number of nitrogens with one attached hydrogen (secondary N) is 3. The van der Waals surface area contributed by atoms with Crippen molar-refractivity contribution in [2.75, 3.05) is 59.4 Å². The van der Waals surface area contributed by atoms with Gasteiger partial charge in [-0.05, 0) is 38.8 Å². The molecular weight excluding hydrogens is 376 g/mol. The molecule has 30 heavy (non-hydrogen) atoms. The fourth-order valence-electron chi connectivity index (χ4n) is 3.88. The van der Waals surface area contributed by atoms with Crippen LogP contribution in [-0.2, 0) is 4.79 Å². The van der Waals surface area contributed by atoms with Gasteiger partial charge in [-0.25, -0.2) is 0 Å². The van der Waals surface area contributed by atoms with E-state index in [0.717, 1.165) is 64.5 Å². The first-order valence-corrected chi connectivity index (χ1v) is 11.4. The molecule has 7 heteroatoms. The monoisotopic (exact) mass is 414 g/mol. The van der Waals surface area contributed by atoms with Crippen LogP contribution in [0.3, 0.4) is 0 Å². The van der Waals surface area contributed by atoms with Crippen LogP contribution < -0.4 is 16.0 Å². The number of carbonyl (C=O) groups is 1. The maximum Gasteiger partial charge on any atom is 0.223 e. The minimum absolute atomic E-state index is 0.193. The van der Waals surface area contributed by atoms with E-state index in [1.54, 1.807) is 0 Å². The molecule has 7 nitrogen and oxygen atoms in total. The van der Waals surface area contributed by atoms with Gasteiger partial charge in [0.25, 0.3) is 0 Å². The van der Waals surface area contributed by atoms with Crippen LogP contribution in [0.2, 0.25) is 0 Å². The fourth-order valence-corrected chi connectivity index (χ4v) is 3.88. The van der Waals surface area contributed by atoms with E-state index in [2.05, 4.69) is 70.1 Å². The highest BCUT2D eigenvalue weighted by Gasteiger charge is 2.29. The van der Waals surface area contributed by atoms with Crippen molar-refractivity contribution in [2.24, 2.45) is 10.9 Å². The number of guanidine groups is 1. The van der Waals surface area contributed by atoms with Gasteiger partial charge in [0, 0.05) is 64.3 Å². The van der Waals surface area contributed by atoms with Gasteiger partial charge in [0.15, 0.2) is 5.96 Å². The van der Waals surface area contributed by atoms with Crippen LogP contribution in [0.4, 0.5) is 0 Å². The second-order valence-corrected chi connectivity index (χ2v) is 8.33. The molecule has 0 bridgehead atoms. The number of rotatable bonds is 10. The minimum Gasteiger partial charge on any atom is -0.357 e. The smallest absolute Gasteiger partial charge is 0.223 e. The zero-order chi connectivity index (χ0) is 21.2. The van der Waals surface area contributed by atoms with Crippen molar-refractivity contribution in [2.45, 2.75) is 32.2 Å². The number of piperazine rings is 1. The predicted octanol–water partition coefficient (Wildman–Crippen LogP) is 1.45. The number of hydrogen-bond acceptors (Lipinski definition) is 4. The van der Waals surface area contributed by atoms with Crippen molar-refractivity contribution >= 4 is 11.9 Å². The molecule has 1 aliphatic heterocycles. The van der Waals surface area contributed by atoms with Gasteiger partial charge in [0.05, 0.1) is 0 Å². The van der Waals surface area contributed by atoms with Crippen LogP contribution >= 0.6 is 0 Å². The Morgan fingerprint density at radius 1 is 1.10 bits per heavy atom.